The highest BCUT2D eigenvalue weighted by molar-refractivity contribution is 6.25. The highest BCUT2D eigenvalue weighted by Gasteiger charge is 2.21. The van der Waals surface area contributed by atoms with Gasteiger partial charge in [0.2, 0.25) is 0 Å². The van der Waals surface area contributed by atoms with E-state index in [-0.39, 0.29) is 5.41 Å². The van der Waals surface area contributed by atoms with E-state index < -0.39 is 0 Å². The van der Waals surface area contributed by atoms with E-state index >= 15 is 0 Å². The standard InChI is InChI=1S/C46H33N5O/c1-46(2,3)28-23-29(49-27-48-38-16-5-7-18-40(38)49)25-31(24-28)52-30-20-21-33-35-13-9-15-37-36-14-8-12-34-32-11-4-6-17-39(32)50(43(34)36)41-19-10-22-47-45(41)51(44(35)37)42(33)26-30/h4-27H,1-3H3. The van der Waals surface area contributed by atoms with Gasteiger partial charge in [-0.3, -0.25) is 8.97 Å². The Morgan fingerprint density at radius 1 is 0.500 bits per heavy atom. The molecule has 0 aliphatic carbocycles. The third-order valence-electron chi connectivity index (χ3n) is 10.7. The Bertz CT molecular complexity index is 3260. The van der Waals surface area contributed by atoms with E-state index in [1.165, 1.54) is 38.0 Å². The van der Waals surface area contributed by atoms with Crippen molar-refractivity contribution in [2.75, 3.05) is 0 Å². The van der Waals surface area contributed by atoms with Crippen LogP contribution in [-0.2, 0) is 5.41 Å². The quantitative estimate of drug-likeness (QED) is 0.188. The predicted molar refractivity (Wildman–Crippen MR) is 214 cm³/mol. The Balaban J connectivity index is 1.20. The molecule has 11 aromatic rings. The summed E-state index contributed by atoms with van der Waals surface area (Å²) >= 11 is 0. The molecule has 0 radical (unpaired) electrons. The first kappa shape index (κ1) is 29.1. The lowest BCUT2D eigenvalue weighted by atomic mass is 9.86. The van der Waals surface area contributed by atoms with Crippen molar-refractivity contribution in [1.82, 2.24) is 23.3 Å². The molecule has 0 amide bonds. The maximum atomic E-state index is 6.84. The molecule has 6 nitrogen and oxygen atoms in total. The number of aromatic nitrogens is 5. The lowest BCUT2D eigenvalue weighted by molar-refractivity contribution is 0.479. The Kier molecular flexibility index (Phi) is 5.84. The Labute approximate surface area is 298 Å². The number of para-hydroxylation sites is 5. The molecule has 52 heavy (non-hydrogen) atoms. The van der Waals surface area contributed by atoms with Crippen LogP contribution in [0.4, 0.5) is 0 Å². The molecule has 0 aliphatic heterocycles. The van der Waals surface area contributed by atoms with E-state index in [1.54, 1.807) is 0 Å². The smallest absolute Gasteiger partial charge is 0.162 e. The van der Waals surface area contributed by atoms with Gasteiger partial charge < -0.3 is 9.14 Å². The van der Waals surface area contributed by atoms with Crippen molar-refractivity contribution in [2.24, 2.45) is 0 Å². The molecule has 0 N–H and O–H groups in total. The van der Waals surface area contributed by atoms with E-state index in [0.29, 0.717) is 0 Å². The van der Waals surface area contributed by atoms with Crippen molar-refractivity contribution in [2.45, 2.75) is 26.2 Å². The number of ether oxygens (including phenoxy) is 1. The van der Waals surface area contributed by atoms with Crippen molar-refractivity contribution < 1.29 is 4.74 Å². The lowest BCUT2D eigenvalue weighted by Crippen LogP contribution is -2.12. The third-order valence-corrected chi connectivity index (χ3v) is 10.7. The summed E-state index contributed by atoms with van der Waals surface area (Å²) in [5.41, 5.74) is 10.6. The van der Waals surface area contributed by atoms with E-state index in [1.807, 2.05) is 30.7 Å². The molecule has 5 aromatic heterocycles. The van der Waals surface area contributed by atoms with Crippen molar-refractivity contribution in [1.29, 1.82) is 0 Å². The van der Waals surface area contributed by atoms with E-state index in [9.17, 15) is 0 Å². The SMILES string of the molecule is CC(C)(C)c1cc(Oc2ccc3c4cccc5c6cccc7c8ccccc8n(c8cccnc8n(c3c2)c45)c76)cc(-n2cnc3ccccc32)c1. The van der Waals surface area contributed by atoms with Gasteiger partial charge in [-0.1, -0.05) is 87.5 Å². The predicted octanol–water partition coefficient (Wildman–Crippen LogP) is 11.8. The first-order chi connectivity index (χ1) is 25.4. The molecule has 6 heteroatoms. The fourth-order valence-electron chi connectivity index (χ4n) is 8.28. The zero-order chi connectivity index (χ0) is 34.7. The van der Waals surface area contributed by atoms with Crippen LogP contribution in [0.3, 0.4) is 0 Å². The van der Waals surface area contributed by atoms with Gasteiger partial charge >= 0.3 is 0 Å². The van der Waals surface area contributed by atoms with E-state index in [0.717, 1.165) is 61.3 Å². The fourth-order valence-corrected chi connectivity index (χ4v) is 8.28. The number of benzene rings is 6. The molecule has 0 atom stereocenters. The first-order valence-electron chi connectivity index (χ1n) is 17.7. The summed E-state index contributed by atoms with van der Waals surface area (Å²) in [6, 6.07) is 47.4. The van der Waals surface area contributed by atoms with Gasteiger partial charge in [-0.25, -0.2) is 9.97 Å². The largest absolute Gasteiger partial charge is 0.457 e. The average molecular weight is 672 g/mol. The van der Waals surface area contributed by atoms with Crippen LogP contribution in [0.15, 0.2) is 146 Å². The Morgan fingerprint density at radius 2 is 1.15 bits per heavy atom. The second kappa shape index (κ2) is 10.4. The number of nitrogens with zero attached hydrogens (tertiary/aromatic N) is 5. The summed E-state index contributed by atoms with van der Waals surface area (Å²) in [4.78, 5) is 9.79. The van der Waals surface area contributed by atoms with Crippen LogP contribution >= 0.6 is 0 Å². The summed E-state index contributed by atoms with van der Waals surface area (Å²) in [6.45, 7) is 6.70. The van der Waals surface area contributed by atoms with Gasteiger partial charge in [0.05, 0.1) is 44.3 Å². The third kappa shape index (κ3) is 4.06. The highest BCUT2D eigenvalue weighted by Crippen LogP contribution is 2.41. The van der Waals surface area contributed by atoms with Crippen LogP contribution in [0.2, 0.25) is 0 Å². The Hall–Kier alpha value is -6.66. The highest BCUT2D eigenvalue weighted by atomic mass is 16.5. The van der Waals surface area contributed by atoms with Crippen LogP contribution in [0.5, 0.6) is 11.5 Å². The second-order valence-corrected chi connectivity index (χ2v) is 14.8. The first-order valence-corrected chi connectivity index (χ1v) is 17.7. The van der Waals surface area contributed by atoms with Gasteiger partial charge in [-0.05, 0) is 65.6 Å². The number of pyridine rings is 1. The molecule has 0 aliphatic rings. The van der Waals surface area contributed by atoms with E-state index in [2.05, 4.69) is 154 Å². The van der Waals surface area contributed by atoms with Crippen molar-refractivity contribution in [3.63, 3.8) is 0 Å². The number of rotatable bonds is 3. The molecule has 0 fully saturated rings. The molecule has 248 valence electrons. The van der Waals surface area contributed by atoms with Gasteiger partial charge in [-0.15, -0.1) is 0 Å². The number of fused-ring (bicyclic) bond motifs is 11. The van der Waals surface area contributed by atoms with Crippen LogP contribution in [-0.4, -0.2) is 23.3 Å². The van der Waals surface area contributed by atoms with Gasteiger partial charge in [0.25, 0.3) is 0 Å². The summed E-state index contributed by atoms with van der Waals surface area (Å²) in [5.74, 6) is 1.53. The van der Waals surface area contributed by atoms with Gasteiger partial charge in [0.1, 0.15) is 17.8 Å². The van der Waals surface area contributed by atoms with Crippen molar-refractivity contribution in [3.05, 3.63) is 152 Å². The summed E-state index contributed by atoms with van der Waals surface area (Å²) in [6.07, 6.45) is 3.79. The van der Waals surface area contributed by atoms with Gasteiger partial charge in [-0.2, -0.15) is 0 Å². The topological polar surface area (TPSA) is 48.8 Å². The molecule has 0 saturated carbocycles. The molecule has 0 saturated heterocycles. The Morgan fingerprint density at radius 3 is 1.94 bits per heavy atom. The molecule has 0 spiro atoms. The second-order valence-electron chi connectivity index (χ2n) is 14.8. The molecule has 0 bridgehead atoms. The molecule has 5 heterocycles. The zero-order valence-corrected chi connectivity index (χ0v) is 29.0. The van der Waals surface area contributed by atoms with Gasteiger partial charge in [0, 0.05) is 50.6 Å². The number of hydrogen-bond acceptors (Lipinski definition) is 3. The normalized spacial score (nSPS) is 12.5. The van der Waals surface area contributed by atoms with Crippen LogP contribution in [0.25, 0.3) is 82.3 Å². The molecule has 11 rings (SSSR count). The summed E-state index contributed by atoms with van der Waals surface area (Å²) < 4.78 is 13.7. The minimum atomic E-state index is -0.0925. The minimum Gasteiger partial charge on any atom is -0.457 e. The van der Waals surface area contributed by atoms with Crippen molar-refractivity contribution >= 4 is 76.6 Å². The summed E-state index contributed by atoms with van der Waals surface area (Å²) in [5, 5.41) is 7.18. The minimum absolute atomic E-state index is 0.0925. The van der Waals surface area contributed by atoms with E-state index in [4.69, 9.17) is 9.72 Å². The molecular formula is C46H33N5O. The number of imidazole rings is 1. The lowest BCUT2D eigenvalue weighted by Gasteiger charge is -2.22. The molecule has 6 aromatic carbocycles. The number of hydrogen-bond donors (Lipinski definition) is 0. The molecular weight excluding hydrogens is 639 g/mol. The zero-order valence-electron chi connectivity index (χ0n) is 29.0. The molecule has 0 unspecified atom stereocenters. The van der Waals surface area contributed by atoms with Crippen LogP contribution < -0.4 is 4.74 Å². The maximum absolute atomic E-state index is 6.84. The monoisotopic (exact) mass is 671 g/mol. The van der Waals surface area contributed by atoms with Crippen molar-refractivity contribution in [3.8, 4) is 17.2 Å². The maximum Gasteiger partial charge on any atom is 0.162 e. The average Bonchev–Trinajstić information content (AvgIpc) is 3.84. The fraction of sp³-hybridized carbons (Fsp3) is 0.0870. The van der Waals surface area contributed by atoms with Gasteiger partial charge in [0.15, 0.2) is 5.65 Å². The van der Waals surface area contributed by atoms with Crippen LogP contribution in [0.1, 0.15) is 26.3 Å². The summed E-state index contributed by atoms with van der Waals surface area (Å²) in [7, 11) is 0. The van der Waals surface area contributed by atoms with Crippen LogP contribution in [0, 0.1) is 0 Å².